The van der Waals surface area contributed by atoms with Gasteiger partial charge in [0.2, 0.25) is 11.9 Å². The van der Waals surface area contributed by atoms with Crippen LogP contribution in [0.2, 0.25) is 0 Å². The number of aromatic nitrogens is 4. The van der Waals surface area contributed by atoms with Gasteiger partial charge in [-0.05, 0) is 24.1 Å². The van der Waals surface area contributed by atoms with Crippen LogP contribution < -0.4 is 20.9 Å². The van der Waals surface area contributed by atoms with Crippen LogP contribution in [0.25, 0.3) is 0 Å². The van der Waals surface area contributed by atoms with Gasteiger partial charge >= 0.3 is 6.01 Å². The minimum atomic E-state index is 0.221. The predicted octanol–water partition coefficient (Wildman–Crippen LogP) is 0.240. The van der Waals surface area contributed by atoms with Crippen molar-refractivity contribution in [3.63, 3.8) is 0 Å². The number of ether oxygens (including phenoxy) is 1. The smallest absolute Gasteiger partial charge is 0.322 e. The monoisotopic (exact) mass is 275 g/mol. The number of nitrogens with two attached hydrogens (primary N) is 1. The fourth-order valence-electron chi connectivity index (χ4n) is 1.62. The molecule has 0 saturated heterocycles. The number of pyridine rings is 1. The number of anilines is 2. The molecule has 0 bridgehead atoms. The summed E-state index contributed by atoms with van der Waals surface area (Å²) < 4.78 is 5.02. The molecule has 2 heterocycles. The quantitative estimate of drug-likeness (QED) is 0.571. The Morgan fingerprint density at radius 1 is 1.25 bits per heavy atom. The number of nitrogen functional groups attached to an aromatic ring is 1. The molecule has 0 aliphatic rings. The van der Waals surface area contributed by atoms with Crippen LogP contribution in [-0.2, 0) is 6.42 Å². The third kappa shape index (κ3) is 3.51. The van der Waals surface area contributed by atoms with E-state index in [1.165, 1.54) is 12.7 Å². The Hall–Kier alpha value is -2.48. The summed E-state index contributed by atoms with van der Waals surface area (Å²) >= 11 is 0. The van der Waals surface area contributed by atoms with E-state index in [-0.39, 0.29) is 12.0 Å². The maximum absolute atomic E-state index is 5.32. The molecule has 2 aromatic rings. The van der Waals surface area contributed by atoms with Crippen molar-refractivity contribution >= 4 is 11.9 Å². The number of likely N-dealkylation sites (N-methyl/N-ethyl adjacent to an activating group) is 1. The maximum Gasteiger partial charge on any atom is 0.322 e. The van der Waals surface area contributed by atoms with Crippen LogP contribution in [-0.4, -0.2) is 40.6 Å². The van der Waals surface area contributed by atoms with E-state index in [1.807, 2.05) is 24.1 Å². The molecule has 0 amide bonds. The normalized spacial score (nSPS) is 10.2. The van der Waals surface area contributed by atoms with E-state index >= 15 is 0 Å². The molecule has 0 atom stereocenters. The van der Waals surface area contributed by atoms with Crippen molar-refractivity contribution in [3.05, 3.63) is 30.1 Å². The molecule has 3 N–H and O–H groups in total. The summed E-state index contributed by atoms with van der Waals surface area (Å²) in [7, 11) is 3.40. The SMILES string of the molecule is COc1nc(NN)nc(N(C)CCc2ccncc2)n1. The Morgan fingerprint density at radius 3 is 2.65 bits per heavy atom. The van der Waals surface area contributed by atoms with Crippen molar-refractivity contribution in [2.24, 2.45) is 5.84 Å². The van der Waals surface area contributed by atoms with Gasteiger partial charge in [0.1, 0.15) is 0 Å². The highest BCUT2D eigenvalue weighted by molar-refractivity contribution is 5.37. The van der Waals surface area contributed by atoms with Crippen molar-refractivity contribution < 1.29 is 4.74 Å². The molecule has 2 aromatic heterocycles. The zero-order chi connectivity index (χ0) is 14.4. The van der Waals surface area contributed by atoms with Gasteiger partial charge in [-0.15, -0.1) is 0 Å². The van der Waals surface area contributed by atoms with Crippen LogP contribution in [0.3, 0.4) is 0 Å². The van der Waals surface area contributed by atoms with Gasteiger partial charge in [0, 0.05) is 26.0 Å². The first kappa shape index (κ1) is 13.9. The van der Waals surface area contributed by atoms with Crippen LogP contribution in [0, 0.1) is 0 Å². The highest BCUT2D eigenvalue weighted by Gasteiger charge is 2.10. The minimum Gasteiger partial charge on any atom is -0.467 e. The summed E-state index contributed by atoms with van der Waals surface area (Å²) in [5, 5.41) is 0. The highest BCUT2D eigenvalue weighted by Crippen LogP contribution is 2.13. The number of hydrogen-bond acceptors (Lipinski definition) is 8. The van der Waals surface area contributed by atoms with Crippen LogP contribution in [0.15, 0.2) is 24.5 Å². The van der Waals surface area contributed by atoms with E-state index in [4.69, 9.17) is 10.6 Å². The van der Waals surface area contributed by atoms with Crippen LogP contribution in [0.4, 0.5) is 11.9 Å². The lowest BCUT2D eigenvalue weighted by Gasteiger charge is -2.17. The van der Waals surface area contributed by atoms with Crippen molar-refractivity contribution in [1.82, 2.24) is 19.9 Å². The highest BCUT2D eigenvalue weighted by atomic mass is 16.5. The van der Waals surface area contributed by atoms with Gasteiger partial charge in [0.25, 0.3) is 0 Å². The van der Waals surface area contributed by atoms with Gasteiger partial charge in [0.05, 0.1) is 7.11 Å². The summed E-state index contributed by atoms with van der Waals surface area (Å²) in [5.41, 5.74) is 3.59. The first-order chi connectivity index (χ1) is 9.72. The molecular weight excluding hydrogens is 258 g/mol. The molecule has 0 aliphatic carbocycles. The zero-order valence-electron chi connectivity index (χ0n) is 11.4. The van der Waals surface area contributed by atoms with E-state index in [0.717, 1.165) is 13.0 Å². The molecule has 2 rings (SSSR count). The molecule has 8 heteroatoms. The van der Waals surface area contributed by atoms with E-state index in [1.54, 1.807) is 12.4 Å². The topological polar surface area (TPSA) is 102 Å². The number of hydrogen-bond donors (Lipinski definition) is 2. The Labute approximate surface area is 117 Å². The molecule has 106 valence electrons. The van der Waals surface area contributed by atoms with Gasteiger partial charge in [-0.1, -0.05) is 0 Å². The van der Waals surface area contributed by atoms with Crippen LogP contribution in [0.5, 0.6) is 6.01 Å². The molecule has 0 radical (unpaired) electrons. The molecule has 0 saturated carbocycles. The second-order valence-corrected chi connectivity index (χ2v) is 4.12. The van der Waals surface area contributed by atoms with Gasteiger partial charge < -0.3 is 9.64 Å². The van der Waals surface area contributed by atoms with Crippen molar-refractivity contribution in [1.29, 1.82) is 0 Å². The lowest BCUT2D eigenvalue weighted by Crippen LogP contribution is -2.24. The molecule has 8 nitrogen and oxygen atoms in total. The number of hydrazine groups is 1. The number of nitrogens with zero attached hydrogens (tertiary/aromatic N) is 5. The van der Waals surface area contributed by atoms with E-state index in [0.29, 0.717) is 5.95 Å². The second kappa shape index (κ2) is 6.62. The van der Waals surface area contributed by atoms with Crippen molar-refractivity contribution in [2.45, 2.75) is 6.42 Å². The van der Waals surface area contributed by atoms with Crippen LogP contribution in [0.1, 0.15) is 5.56 Å². The summed E-state index contributed by atoms with van der Waals surface area (Å²) in [5.74, 6) is 6.09. The lowest BCUT2D eigenvalue weighted by atomic mass is 10.2. The van der Waals surface area contributed by atoms with Crippen molar-refractivity contribution in [2.75, 3.05) is 31.0 Å². The van der Waals surface area contributed by atoms with E-state index < -0.39 is 0 Å². The third-order valence-electron chi connectivity index (χ3n) is 2.74. The Morgan fingerprint density at radius 2 is 2.00 bits per heavy atom. The van der Waals surface area contributed by atoms with Gasteiger partial charge in [0.15, 0.2) is 0 Å². The van der Waals surface area contributed by atoms with Crippen LogP contribution >= 0.6 is 0 Å². The van der Waals surface area contributed by atoms with Crippen molar-refractivity contribution in [3.8, 4) is 6.01 Å². The fraction of sp³-hybridized carbons (Fsp3) is 0.333. The minimum absolute atomic E-state index is 0.221. The molecule has 0 unspecified atom stereocenters. The molecule has 20 heavy (non-hydrogen) atoms. The lowest BCUT2D eigenvalue weighted by molar-refractivity contribution is 0.379. The summed E-state index contributed by atoms with van der Waals surface area (Å²) in [4.78, 5) is 18.2. The fourth-order valence-corrected chi connectivity index (χ4v) is 1.62. The maximum atomic E-state index is 5.32. The first-order valence-corrected chi connectivity index (χ1v) is 6.09. The molecular formula is C12H17N7O. The molecule has 0 fully saturated rings. The van der Waals surface area contributed by atoms with Gasteiger partial charge in [-0.25, -0.2) is 5.84 Å². The average Bonchev–Trinajstić information content (AvgIpc) is 2.52. The number of rotatable bonds is 6. The Bertz CT molecular complexity index is 527. The summed E-state index contributed by atoms with van der Waals surface area (Å²) in [6, 6.07) is 4.18. The standard InChI is InChI=1S/C12H17N7O/c1-19(8-5-9-3-6-14-7-4-9)11-15-10(18-13)16-12(17-11)20-2/h3-4,6-7H,5,8,13H2,1-2H3,(H,15,16,17,18). The zero-order valence-corrected chi connectivity index (χ0v) is 11.4. The number of nitrogens with one attached hydrogen (secondary N) is 1. The average molecular weight is 275 g/mol. The summed E-state index contributed by atoms with van der Waals surface area (Å²) in [6.07, 6.45) is 4.41. The summed E-state index contributed by atoms with van der Waals surface area (Å²) in [6.45, 7) is 0.751. The second-order valence-electron chi connectivity index (χ2n) is 4.12. The molecule has 0 aliphatic heterocycles. The first-order valence-electron chi connectivity index (χ1n) is 6.09. The Balaban J connectivity index is 2.06. The third-order valence-corrected chi connectivity index (χ3v) is 2.74. The predicted molar refractivity (Wildman–Crippen MR) is 75.4 cm³/mol. The van der Waals surface area contributed by atoms with E-state index in [2.05, 4.69) is 25.4 Å². The van der Waals surface area contributed by atoms with Gasteiger partial charge in [-0.3, -0.25) is 10.4 Å². The van der Waals surface area contributed by atoms with E-state index in [9.17, 15) is 0 Å². The van der Waals surface area contributed by atoms with Gasteiger partial charge in [-0.2, -0.15) is 15.0 Å². The largest absolute Gasteiger partial charge is 0.467 e. The number of methoxy groups -OCH3 is 1. The Kier molecular flexibility index (Phi) is 4.61. The molecule has 0 spiro atoms. The molecule has 0 aromatic carbocycles.